The molecule has 1 aromatic heterocycles. The van der Waals surface area contributed by atoms with Gasteiger partial charge in [0.15, 0.2) is 17.6 Å². The number of carbonyl (C=O) groups excluding carboxylic acids is 1. The van der Waals surface area contributed by atoms with Crippen molar-refractivity contribution >= 4 is 23.4 Å². The largest absolute Gasteiger partial charge is 0.506 e. The van der Waals surface area contributed by atoms with Gasteiger partial charge in [-0.2, -0.15) is 13.2 Å². The minimum atomic E-state index is -5.00. The molecule has 4 N–H and O–H groups in total. The molecule has 1 heterocycles. The molecule has 4 aromatic rings. The molecule has 1 unspecified atom stereocenters. The van der Waals surface area contributed by atoms with E-state index in [4.69, 9.17) is 31.9 Å². The van der Waals surface area contributed by atoms with Gasteiger partial charge in [-0.25, -0.2) is 9.78 Å². The second-order valence-electron chi connectivity index (χ2n) is 9.87. The second-order valence-corrected chi connectivity index (χ2v) is 10.3. The molecule has 0 spiro atoms. The molecule has 0 aliphatic rings. The number of benzene rings is 3. The SMILES string of the molecule is CC(C)C(=O)c1ccc(OC(COc2ccccc2)c2ccc(CN)cc2Cl)c(C(F)(F)F)c1O.Cn1cnc(C(=O)O)c1. The van der Waals surface area contributed by atoms with Gasteiger partial charge in [-0.3, -0.25) is 4.79 Å². The molecular weight excluding hydrogens is 603 g/mol. The fourth-order valence-electron chi connectivity index (χ4n) is 3.97. The first-order valence-electron chi connectivity index (χ1n) is 13.2. The zero-order chi connectivity index (χ0) is 32.6. The van der Waals surface area contributed by atoms with Crippen molar-refractivity contribution < 1.29 is 42.4 Å². The summed E-state index contributed by atoms with van der Waals surface area (Å²) in [5.74, 6) is -3.58. The van der Waals surface area contributed by atoms with Gasteiger partial charge in [0.05, 0.1) is 11.9 Å². The molecule has 13 heteroatoms. The zero-order valence-corrected chi connectivity index (χ0v) is 24.8. The molecule has 0 saturated heterocycles. The standard InChI is InChI=1S/C26H25ClF3NO4.C5H6N2O2/c1-15(2)24(32)19-10-11-21(23(25(19)33)26(28,29)30)35-22(14-34-17-6-4-3-5-7-17)18-9-8-16(13-31)12-20(18)27;1-7-2-4(5(8)9)6-3-7/h3-12,15,22,33H,13-14,31H2,1-2H3;2-3H,1H3,(H,8,9). The summed E-state index contributed by atoms with van der Waals surface area (Å²) in [6, 6.07) is 15.7. The Morgan fingerprint density at radius 2 is 1.77 bits per heavy atom. The Balaban J connectivity index is 0.000000502. The maximum Gasteiger partial charge on any atom is 0.423 e. The minimum Gasteiger partial charge on any atom is -0.506 e. The number of carboxylic acids is 1. The van der Waals surface area contributed by atoms with Crippen LogP contribution in [0.4, 0.5) is 13.2 Å². The van der Waals surface area contributed by atoms with Crippen molar-refractivity contribution in [2.45, 2.75) is 32.7 Å². The van der Waals surface area contributed by atoms with Crippen molar-refractivity contribution in [1.29, 1.82) is 0 Å². The molecule has 44 heavy (non-hydrogen) atoms. The highest BCUT2D eigenvalue weighted by molar-refractivity contribution is 6.31. The molecule has 0 bridgehead atoms. The summed E-state index contributed by atoms with van der Waals surface area (Å²) in [5.41, 5.74) is 4.96. The maximum absolute atomic E-state index is 14.0. The number of imidazole rings is 1. The summed E-state index contributed by atoms with van der Waals surface area (Å²) < 4.78 is 55.2. The van der Waals surface area contributed by atoms with Crippen LogP contribution in [0.5, 0.6) is 17.2 Å². The van der Waals surface area contributed by atoms with E-state index in [1.54, 1.807) is 60.1 Å². The van der Waals surface area contributed by atoms with E-state index in [0.29, 0.717) is 11.3 Å². The number of hydrogen-bond donors (Lipinski definition) is 3. The predicted molar refractivity (Wildman–Crippen MR) is 157 cm³/mol. The van der Waals surface area contributed by atoms with Crippen molar-refractivity contribution in [1.82, 2.24) is 9.55 Å². The predicted octanol–water partition coefficient (Wildman–Crippen LogP) is 6.68. The average molecular weight is 634 g/mol. The first-order valence-corrected chi connectivity index (χ1v) is 13.6. The van der Waals surface area contributed by atoms with Crippen LogP contribution in [-0.4, -0.2) is 38.1 Å². The number of aromatic hydroxyl groups is 1. The monoisotopic (exact) mass is 633 g/mol. The van der Waals surface area contributed by atoms with Crippen LogP contribution in [0.25, 0.3) is 0 Å². The van der Waals surface area contributed by atoms with Gasteiger partial charge in [-0.15, -0.1) is 0 Å². The number of aromatic carboxylic acids is 1. The third-order valence-corrected chi connectivity index (χ3v) is 6.53. The summed E-state index contributed by atoms with van der Waals surface area (Å²) in [6.45, 7) is 3.10. The van der Waals surface area contributed by atoms with Crippen LogP contribution in [0.15, 0.2) is 73.2 Å². The number of aromatic nitrogens is 2. The van der Waals surface area contributed by atoms with E-state index >= 15 is 0 Å². The number of Topliss-reactive ketones (excluding diaryl/α,β-unsaturated/α-hetero) is 1. The summed E-state index contributed by atoms with van der Waals surface area (Å²) in [5, 5.41) is 19.0. The van der Waals surface area contributed by atoms with Gasteiger partial charge in [0.2, 0.25) is 0 Å². The first kappa shape index (κ1) is 33.9. The molecule has 234 valence electrons. The Kier molecular flexibility index (Phi) is 11.4. The number of ketones is 1. The number of alkyl halides is 3. The van der Waals surface area contributed by atoms with Gasteiger partial charge in [0.1, 0.15) is 29.4 Å². The third kappa shape index (κ3) is 8.74. The lowest BCUT2D eigenvalue weighted by Crippen LogP contribution is -2.20. The number of nitrogens with two attached hydrogens (primary N) is 1. The van der Waals surface area contributed by atoms with Crippen LogP contribution in [0.1, 0.15) is 57.5 Å². The Bertz CT molecular complexity index is 1590. The maximum atomic E-state index is 14.0. The van der Waals surface area contributed by atoms with E-state index in [2.05, 4.69) is 4.98 Å². The summed E-state index contributed by atoms with van der Waals surface area (Å²) >= 11 is 6.41. The van der Waals surface area contributed by atoms with E-state index in [0.717, 1.165) is 17.7 Å². The van der Waals surface area contributed by atoms with Gasteiger partial charge in [0, 0.05) is 36.3 Å². The average Bonchev–Trinajstić information content (AvgIpc) is 3.42. The highest BCUT2D eigenvalue weighted by Crippen LogP contribution is 2.45. The minimum absolute atomic E-state index is 0.0810. The molecule has 0 aliphatic carbocycles. The van der Waals surface area contributed by atoms with Crippen LogP contribution in [0.3, 0.4) is 0 Å². The molecule has 9 nitrogen and oxygen atoms in total. The Hall–Kier alpha value is -4.55. The Morgan fingerprint density at radius 3 is 2.27 bits per heavy atom. The number of para-hydroxylation sites is 1. The lowest BCUT2D eigenvalue weighted by atomic mass is 9.97. The van der Waals surface area contributed by atoms with Gasteiger partial charge in [-0.05, 0) is 35.9 Å². The topological polar surface area (TPSA) is 137 Å². The van der Waals surface area contributed by atoms with Gasteiger partial charge >= 0.3 is 12.1 Å². The van der Waals surface area contributed by atoms with Gasteiger partial charge < -0.3 is 30.0 Å². The highest BCUT2D eigenvalue weighted by Gasteiger charge is 2.40. The van der Waals surface area contributed by atoms with Crippen molar-refractivity contribution in [3.05, 3.63) is 106 Å². The van der Waals surface area contributed by atoms with Crippen LogP contribution >= 0.6 is 11.6 Å². The van der Waals surface area contributed by atoms with E-state index in [1.807, 2.05) is 0 Å². The number of nitrogens with zero attached hydrogens (tertiary/aromatic N) is 2. The molecule has 0 aliphatic heterocycles. The number of phenols is 1. The van der Waals surface area contributed by atoms with E-state index in [1.165, 1.54) is 26.4 Å². The van der Waals surface area contributed by atoms with Crippen LogP contribution < -0.4 is 15.2 Å². The van der Waals surface area contributed by atoms with Crippen molar-refractivity contribution in [2.24, 2.45) is 18.7 Å². The number of carboxylic acid groups (broad SMARTS) is 1. The van der Waals surface area contributed by atoms with Gasteiger partial charge in [0.25, 0.3) is 0 Å². The second kappa shape index (κ2) is 14.8. The molecule has 0 fully saturated rings. The van der Waals surface area contributed by atoms with E-state index in [9.17, 15) is 27.9 Å². The zero-order valence-electron chi connectivity index (χ0n) is 24.0. The van der Waals surface area contributed by atoms with Crippen LogP contribution in [0.2, 0.25) is 5.02 Å². The number of rotatable bonds is 10. The van der Waals surface area contributed by atoms with Crippen LogP contribution in [0, 0.1) is 5.92 Å². The van der Waals surface area contributed by atoms with Crippen molar-refractivity contribution in [2.75, 3.05) is 6.61 Å². The van der Waals surface area contributed by atoms with E-state index in [-0.39, 0.29) is 23.9 Å². The molecule has 1 atom stereocenters. The normalized spacial score (nSPS) is 11.8. The number of phenolic OH excluding ortho intramolecular Hbond substituents is 1. The molecule has 0 amide bonds. The molecule has 3 aromatic carbocycles. The number of aryl methyl sites for hydroxylation is 1. The lowest BCUT2D eigenvalue weighted by molar-refractivity contribution is -0.140. The van der Waals surface area contributed by atoms with Crippen molar-refractivity contribution in [3.8, 4) is 17.2 Å². The number of halogens is 4. The molecule has 0 saturated carbocycles. The van der Waals surface area contributed by atoms with E-state index < -0.39 is 52.6 Å². The fraction of sp³-hybridized carbons (Fsp3) is 0.258. The van der Waals surface area contributed by atoms with Crippen LogP contribution in [-0.2, 0) is 19.8 Å². The summed E-state index contributed by atoms with van der Waals surface area (Å²) in [7, 11) is 1.72. The number of ether oxygens (including phenoxy) is 2. The summed E-state index contributed by atoms with van der Waals surface area (Å²) in [6.07, 6.45) is -3.18. The number of carbonyl (C=O) groups is 2. The Morgan fingerprint density at radius 1 is 1.09 bits per heavy atom. The molecule has 0 radical (unpaired) electrons. The smallest absolute Gasteiger partial charge is 0.423 e. The fourth-order valence-corrected chi connectivity index (χ4v) is 4.29. The lowest BCUT2D eigenvalue weighted by Gasteiger charge is -2.24. The first-order chi connectivity index (χ1) is 20.7. The third-order valence-electron chi connectivity index (χ3n) is 6.20. The molecule has 4 rings (SSSR count). The van der Waals surface area contributed by atoms with Gasteiger partial charge in [-0.1, -0.05) is 55.8 Å². The van der Waals surface area contributed by atoms with Crippen molar-refractivity contribution in [3.63, 3.8) is 0 Å². The highest BCUT2D eigenvalue weighted by atomic mass is 35.5. The summed E-state index contributed by atoms with van der Waals surface area (Å²) in [4.78, 5) is 26.1. The quantitative estimate of drug-likeness (QED) is 0.165. The Labute approximate surface area is 256 Å². The number of hydrogen-bond acceptors (Lipinski definition) is 7. The molecular formula is C31H31ClF3N3O6.